The molecular formula is C44H46F3N3O9S4. The Morgan fingerprint density at radius 2 is 1.11 bits per heavy atom. The Bertz CT molecular complexity index is 2190. The van der Waals surface area contributed by atoms with Gasteiger partial charge in [-0.15, -0.1) is 45.3 Å². The third kappa shape index (κ3) is 10.6. The fraction of sp³-hybridized carbons (Fsp3) is 0.409. The lowest BCUT2D eigenvalue weighted by Gasteiger charge is -2.51. The van der Waals surface area contributed by atoms with Gasteiger partial charge in [-0.05, 0) is 89.8 Å². The number of anilines is 1. The fourth-order valence-corrected chi connectivity index (χ4v) is 12.1. The standard InChI is InChI=1S/C25H26N2O4S2.C17H19NO3S2.C2HF3O2/c28-23(26-19-6-2-1-3-7-19)17-27-12-10-18(11-13-27)20(16-27)31-24(29)25(30,21-8-4-14-32-21)22-9-5-15-33-22;19-16(21-13-11-18-7-5-12(13)6-8-18)17(20,14-3-1-9-22-14)15-4-2-10-23-15;3-2(4,5)1(6)7/h1-9,14-15,18,20,30H,10-13,16-17H2;1-4,9-10,12-13,20H,5-8,11H2;(H,6,7)/t18?,20-,27?;13-;/m00./s1. The Labute approximate surface area is 377 Å². The van der Waals surface area contributed by atoms with E-state index in [1.54, 1.807) is 24.3 Å². The first-order chi connectivity index (χ1) is 30.1. The highest BCUT2D eigenvalue weighted by molar-refractivity contribution is 7.12. The molecule has 2 atom stereocenters. The molecule has 11 rings (SSSR count). The van der Waals surface area contributed by atoms with E-state index in [-0.39, 0.29) is 24.0 Å². The molecule has 6 saturated heterocycles. The number of carboxylic acid groups (broad SMARTS) is 1. The number of esters is 2. The minimum atomic E-state index is -5.19. The zero-order valence-electron chi connectivity index (χ0n) is 33.8. The van der Waals surface area contributed by atoms with Crippen LogP contribution in [0.5, 0.6) is 0 Å². The summed E-state index contributed by atoms with van der Waals surface area (Å²) in [6.07, 6.45) is -1.63. The van der Waals surface area contributed by atoms with E-state index in [0.29, 0.717) is 43.0 Å². The number of carboxylic acids is 1. The number of nitrogens with zero attached hydrogens (tertiary/aromatic N) is 2. The Hall–Kier alpha value is -4.47. The van der Waals surface area contributed by atoms with Gasteiger partial charge in [0.2, 0.25) is 11.2 Å². The molecule has 3 N–H and O–H groups in total. The van der Waals surface area contributed by atoms with Crippen LogP contribution in [0.2, 0.25) is 0 Å². The summed E-state index contributed by atoms with van der Waals surface area (Å²) in [5, 5.41) is 42.0. The number of hydrogen-bond acceptors (Lipinski definition) is 14. The second-order valence-electron chi connectivity index (χ2n) is 16.0. The van der Waals surface area contributed by atoms with E-state index in [1.807, 2.05) is 76.1 Å². The predicted molar refractivity (Wildman–Crippen MR) is 231 cm³/mol. The maximum atomic E-state index is 13.4. The molecule has 4 bridgehead atoms. The zero-order valence-corrected chi connectivity index (χ0v) is 37.1. The topological polar surface area (TPSA) is 166 Å². The maximum Gasteiger partial charge on any atom is 0.430 e. The second-order valence-corrected chi connectivity index (χ2v) is 19.8. The van der Waals surface area contributed by atoms with Crippen LogP contribution in [0.4, 0.5) is 18.9 Å². The van der Waals surface area contributed by atoms with Crippen molar-refractivity contribution in [3.63, 3.8) is 0 Å². The number of quaternary nitrogens is 1. The lowest BCUT2D eigenvalue weighted by molar-refractivity contribution is -0.939. The molecule has 63 heavy (non-hydrogen) atoms. The number of nitrogens with one attached hydrogen (secondary N) is 1. The van der Waals surface area contributed by atoms with Crippen molar-refractivity contribution in [2.75, 3.05) is 51.1 Å². The van der Waals surface area contributed by atoms with Gasteiger partial charge in [-0.3, -0.25) is 9.69 Å². The van der Waals surface area contributed by atoms with E-state index in [4.69, 9.17) is 19.4 Å². The number of ether oxygens (including phenoxy) is 2. The highest BCUT2D eigenvalue weighted by Gasteiger charge is 2.52. The van der Waals surface area contributed by atoms with Crippen LogP contribution in [0.1, 0.15) is 45.2 Å². The van der Waals surface area contributed by atoms with Crippen molar-refractivity contribution in [2.45, 2.75) is 55.3 Å². The van der Waals surface area contributed by atoms with Gasteiger partial charge in [0.1, 0.15) is 18.6 Å². The molecule has 4 aromatic heterocycles. The third-order valence-corrected chi connectivity index (χ3v) is 15.9. The Morgan fingerprint density at radius 3 is 1.49 bits per heavy atom. The molecule has 336 valence electrons. The SMILES string of the molecule is O=C(C[N+]12CCC(CC1)[C@@H](OC(=O)C(O)(c1cccs1)c1cccs1)C2)Nc1ccccc1.O=C(O[C@H]1CN2CCC1CC2)C(O)(c1cccs1)c1cccs1.O=C([O-])C(F)(F)F. The number of alkyl halides is 3. The molecule has 1 aromatic carbocycles. The van der Waals surface area contributed by atoms with Gasteiger partial charge >= 0.3 is 18.1 Å². The number of hydrogen-bond donors (Lipinski definition) is 3. The quantitative estimate of drug-likeness (QED) is 0.109. The Kier molecular flexibility index (Phi) is 14.6. The number of thiophene rings is 4. The molecular weight excluding hydrogens is 900 g/mol. The van der Waals surface area contributed by atoms with Gasteiger partial charge in [-0.25, -0.2) is 9.59 Å². The van der Waals surface area contributed by atoms with Crippen LogP contribution in [0.25, 0.3) is 0 Å². The number of amides is 1. The molecule has 6 aliphatic rings. The van der Waals surface area contributed by atoms with Crippen LogP contribution in [0.3, 0.4) is 0 Å². The van der Waals surface area contributed by atoms with Crippen molar-refractivity contribution in [3.8, 4) is 0 Å². The second kappa shape index (κ2) is 19.7. The number of carbonyl (C=O) groups is 4. The van der Waals surface area contributed by atoms with Crippen LogP contribution in [0.15, 0.2) is 100 Å². The van der Waals surface area contributed by atoms with E-state index in [9.17, 15) is 37.8 Å². The summed E-state index contributed by atoms with van der Waals surface area (Å²) >= 11 is 5.44. The minimum Gasteiger partial charge on any atom is -0.542 e. The Morgan fingerprint density at radius 1 is 0.683 bits per heavy atom. The van der Waals surface area contributed by atoms with Crippen molar-refractivity contribution < 1.29 is 61.6 Å². The number of benzene rings is 1. The fourth-order valence-electron chi connectivity index (χ4n) is 8.68. The molecule has 0 saturated carbocycles. The number of halogens is 3. The summed E-state index contributed by atoms with van der Waals surface area (Å²) in [5.74, 6) is -3.51. The summed E-state index contributed by atoms with van der Waals surface area (Å²) in [7, 11) is 0. The number of aliphatic hydroxyl groups is 2. The van der Waals surface area contributed by atoms with Gasteiger partial charge in [-0.2, -0.15) is 13.2 Å². The maximum absolute atomic E-state index is 13.4. The summed E-state index contributed by atoms with van der Waals surface area (Å²) in [6, 6.07) is 23.9. The van der Waals surface area contributed by atoms with Crippen LogP contribution in [-0.2, 0) is 39.9 Å². The number of aliphatic carboxylic acids is 1. The van der Waals surface area contributed by atoms with Crippen molar-refractivity contribution in [1.29, 1.82) is 0 Å². The molecule has 5 aromatic rings. The first kappa shape index (κ1) is 46.5. The van der Waals surface area contributed by atoms with E-state index in [0.717, 1.165) is 64.1 Å². The molecule has 10 heterocycles. The normalized spacial score (nSPS) is 23.9. The highest BCUT2D eigenvalue weighted by Crippen LogP contribution is 2.41. The molecule has 0 aliphatic carbocycles. The van der Waals surface area contributed by atoms with Gasteiger partial charge in [0, 0.05) is 31.0 Å². The van der Waals surface area contributed by atoms with Crippen LogP contribution >= 0.6 is 45.3 Å². The van der Waals surface area contributed by atoms with E-state index >= 15 is 0 Å². The number of fused-ring (bicyclic) bond motifs is 6. The van der Waals surface area contributed by atoms with Gasteiger partial charge < -0.3 is 39.4 Å². The van der Waals surface area contributed by atoms with Gasteiger partial charge in [0.15, 0.2) is 12.6 Å². The molecule has 0 spiro atoms. The number of piperidine rings is 6. The third-order valence-electron chi connectivity index (χ3n) is 12.0. The van der Waals surface area contributed by atoms with Crippen molar-refractivity contribution in [1.82, 2.24) is 4.90 Å². The number of rotatable bonds is 11. The van der Waals surface area contributed by atoms with Crippen molar-refractivity contribution in [3.05, 3.63) is 120 Å². The zero-order chi connectivity index (χ0) is 44.8. The monoisotopic (exact) mass is 945 g/mol. The number of carbonyl (C=O) groups excluding carboxylic acids is 4. The van der Waals surface area contributed by atoms with E-state index < -0.39 is 35.3 Å². The molecule has 6 aliphatic heterocycles. The average Bonchev–Trinajstić information content (AvgIpc) is 4.14. The molecule has 1 amide bonds. The first-order valence-corrected chi connectivity index (χ1v) is 23.9. The lowest BCUT2D eigenvalue weighted by atomic mass is 9.83. The largest absolute Gasteiger partial charge is 0.542 e. The van der Waals surface area contributed by atoms with E-state index in [1.165, 1.54) is 45.3 Å². The predicted octanol–water partition coefficient (Wildman–Crippen LogP) is 5.82. The summed E-state index contributed by atoms with van der Waals surface area (Å²) in [5.41, 5.74) is -2.70. The smallest absolute Gasteiger partial charge is 0.430 e. The number of para-hydroxylation sites is 1. The molecule has 19 heteroatoms. The Balaban J connectivity index is 0.000000172. The van der Waals surface area contributed by atoms with Gasteiger partial charge in [-0.1, -0.05) is 42.5 Å². The van der Waals surface area contributed by atoms with Crippen LogP contribution in [-0.4, -0.2) is 108 Å². The van der Waals surface area contributed by atoms with E-state index in [2.05, 4.69) is 10.2 Å². The van der Waals surface area contributed by atoms with Crippen molar-refractivity contribution >= 4 is 74.8 Å². The average molecular weight is 946 g/mol. The lowest BCUT2D eigenvalue weighted by Crippen LogP contribution is -2.66. The van der Waals surface area contributed by atoms with Crippen LogP contribution in [0, 0.1) is 11.8 Å². The molecule has 0 unspecified atom stereocenters. The minimum absolute atomic E-state index is 0.0275. The van der Waals surface area contributed by atoms with Gasteiger partial charge in [0.25, 0.3) is 5.91 Å². The summed E-state index contributed by atoms with van der Waals surface area (Å²) in [6.45, 7) is 5.75. The molecule has 12 nitrogen and oxygen atoms in total. The molecule has 0 radical (unpaired) electrons. The van der Waals surface area contributed by atoms with Gasteiger partial charge in [0.05, 0.1) is 32.6 Å². The molecule has 6 fully saturated rings. The first-order valence-electron chi connectivity index (χ1n) is 20.3. The van der Waals surface area contributed by atoms with Crippen LogP contribution < -0.4 is 10.4 Å². The van der Waals surface area contributed by atoms with Crippen molar-refractivity contribution in [2.24, 2.45) is 11.8 Å². The summed E-state index contributed by atoms with van der Waals surface area (Å²) < 4.78 is 44.0. The highest BCUT2D eigenvalue weighted by atomic mass is 32.1. The summed E-state index contributed by atoms with van der Waals surface area (Å²) in [4.78, 5) is 52.6.